The summed E-state index contributed by atoms with van der Waals surface area (Å²) in [6.07, 6.45) is 0.255. The second-order valence-corrected chi connectivity index (χ2v) is 5.87. The lowest BCUT2D eigenvalue weighted by molar-refractivity contribution is -0.128. The summed E-state index contributed by atoms with van der Waals surface area (Å²) in [5.41, 5.74) is 2.69. The smallest absolute Gasteiger partial charge is 0.271 e. The Morgan fingerprint density at radius 3 is 3.09 bits per heavy atom. The Morgan fingerprint density at radius 2 is 2.36 bits per heavy atom. The molecule has 5 nitrogen and oxygen atoms in total. The summed E-state index contributed by atoms with van der Waals surface area (Å²) < 4.78 is 13.2. The van der Waals surface area contributed by atoms with Crippen molar-refractivity contribution < 1.29 is 14.0 Å². The third-order valence-electron chi connectivity index (χ3n) is 3.48. The Hall–Kier alpha value is -2.28. The molecule has 0 aliphatic carbocycles. The molecule has 1 fully saturated rings. The fraction of sp³-hybridized carbons (Fsp3) is 0.267. The number of halogens is 1. The van der Waals surface area contributed by atoms with E-state index in [9.17, 15) is 14.0 Å². The van der Waals surface area contributed by atoms with Gasteiger partial charge in [0.25, 0.3) is 5.91 Å². The Bertz CT molecular complexity index is 690. The molecule has 0 bridgehead atoms. The SMILES string of the molecule is O=C(N[C@@H]1CC(=O)N(Cc2cccc(F)c2)C1)c1cscn1. The zero-order valence-corrected chi connectivity index (χ0v) is 12.5. The molecular formula is C15H14FN3O2S. The van der Waals surface area contributed by atoms with Crippen LogP contribution in [-0.4, -0.2) is 34.3 Å². The first-order valence-electron chi connectivity index (χ1n) is 6.83. The zero-order valence-electron chi connectivity index (χ0n) is 11.7. The van der Waals surface area contributed by atoms with Crippen molar-refractivity contribution in [1.29, 1.82) is 0 Å². The highest BCUT2D eigenvalue weighted by atomic mass is 32.1. The van der Waals surface area contributed by atoms with Gasteiger partial charge in [-0.1, -0.05) is 12.1 Å². The highest BCUT2D eigenvalue weighted by Gasteiger charge is 2.31. The number of carbonyl (C=O) groups excluding carboxylic acids is 2. The first kappa shape index (κ1) is 14.6. The fourth-order valence-corrected chi connectivity index (χ4v) is 2.99. The van der Waals surface area contributed by atoms with Gasteiger partial charge in [-0.15, -0.1) is 11.3 Å². The number of aromatic nitrogens is 1. The molecule has 1 aromatic carbocycles. The lowest BCUT2D eigenvalue weighted by Crippen LogP contribution is -2.37. The van der Waals surface area contributed by atoms with Gasteiger partial charge in [0, 0.05) is 24.9 Å². The molecule has 1 saturated heterocycles. The van der Waals surface area contributed by atoms with E-state index in [1.54, 1.807) is 27.9 Å². The fourth-order valence-electron chi connectivity index (χ4n) is 2.46. The van der Waals surface area contributed by atoms with Crippen molar-refractivity contribution in [3.63, 3.8) is 0 Å². The molecule has 22 heavy (non-hydrogen) atoms. The van der Waals surface area contributed by atoms with Crippen molar-refractivity contribution in [3.8, 4) is 0 Å². The molecule has 2 heterocycles. The van der Waals surface area contributed by atoms with Gasteiger partial charge in [0.15, 0.2) is 0 Å². The molecule has 0 saturated carbocycles. The quantitative estimate of drug-likeness (QED) is 0.935. The van der Waals surface area contributed by atoms with Crippen molar-refractivity contribution in [2.75, 3.05) is 6.54 Å². The molecular weight excluding hydrogens is 305 g/mol. The van der Waals surface area contributed by atoms with Crippen LogP contribution in [0.1, 0.15) is 22.5 Å². The maximum absolute atomic E-state index is 13.2. The number of thiazole rings is 1. The maximum Gasteiger partial charge on any atom is 0.271 e. The van der Waals surface area contributed by atoms with Crippen LogP contribution >= 0.6 is 11.3 Å². The van der Waals surface area contributed by atoms with E-state index >= 15 is 0 Å². The van der Waals surface area contributed by atoms with Gasteiger partial charge in [0.2, 0.25) is 5.91 Å². The van der Waals surface area contributed by atoms with E-state index in [0.29, 0.717) is 18.8 Å². The molecule has 1 atom stereocenters. The highest BCUT2D eigenvalue weighted by molar-refractivity contribution is 7.07. The molecule has 1 aliphatic heterocycles. The molecule has 3 rings (SSSR count). The molecule has 1 aliphatic rings. The molecule has 114 valence electrons. The normalized spacial score (nSPS) is 17.8. The van der Waals surface area contributed by atoms with Gasteiger partial charge in [0.1, 0.15) is 11.5 Å². The van der Waals surface area contributed by atoms with Gasteiger partial charge in [0.05, 0.1) is 11.6 Å². The second-order valence-electron chi connectivity index (χ2n) is 5.15. The van der Waals surface area contributed by atoms with Crippen molar-refractivity contribution in [2.24, 2.45) is 0 Å². The van der Waals surface area contributed by atoms with Crippen LogP contribution in [0.3, 0.4) is 0 Å². The number of hydrogen-bond donors (Lipinski definition) is 1. The van der Waals surface area contributed by atoms with E-state index in [4.69, 9.17) is 0 Å². The van der Waals surface area contributed by atoms with Crippen LogP contribution in [-0.2, 0) is 11.3 Å². The first-order chi connectivity index (χ1) is 10.6. The van der Waals surface area contributed by atoms with E-state index in [0.717, 1.165) is 5.56 Å². The van der Waals surface area contributed by atoms with E-state index in [2.05, 4.69) is 10.3 Å². The largest absolute Gasteiger partial charge is 0.346 e. The van der Waals surface area contributed by atoms with E-state index in [1.165, 1.54) is 23.5 Å². The highest BCUT2D eigenvalue weighted by Crippen LogP contribution is 2.16. The van der Waals surface area contributed by atoms with Crippen molar-refractivity contribution in [2.45, 2.75) is 19.0 Å². The van der Waals surface area contributed by atoms with Gasteiger partial charge >= 0.3 is 0 Å². The molecule has 0 spiro atoms. The van der Waals surface area contributed by atoms with Crippen molar-refractivity contribution in [3.05, 3.63) is 52.2 Å². The number of nitrogens with one attached hydrogen (secondary N) is 1. The summed E-state index contributed by atoms with van der Waals surface area (Å²) in [5, 5.41) is 4.47. The van der Waals surface area contributed by atoms with Gasteiger partial charge in [-0.05, 0) is 17.7 Å². The van der Waals surface area contributed by atoms with Crippen LogP contribution in [0, 0.1) is 5.82 Å². The van der Waals surface area contributed by atoms with Gasteiger partial charge in [-0.25, -0.2) is 9.37 Å². The number of carbonyl (C=O) groups is 2. The lowest BCUT2D eigenvalue weighted by atomic mass is 10.2. The molecule has 1 aromatic heterocycles. The van der Waals surface area contributed by atoms with Crippen LogP contribution in [0.15, 0.2) is 35.2 Å². The number of nitrogens with zero attached hydrogens (tertiary/aromatic N) is 2. The maximum atomic E-state index is 13.2. The van der Waals surface area contributed by atoms with Crippen molar-refractivity contribution in [1.82, 2.24) is 15.2 Å². The molecule has 7 heteroatoms. The van der Waals surface area contributed by atoms with Crippen LogP contribution in [0.25, 0.3) is 0 Å². The van der Waals surface area contributed by atoms with Crippen LogP contribution < -0.4 is 5.32 Å². The third kappa shape index (κ3) is 3.30. The Kier molecular flexibility index (Phi) is 4.15. The lowest BCUT2D eigenvalue weighted by Gasteiger charge is -2.17. The monoisotopic (exact) mass is 319 g/mol. The minimum absolute atomic E-state index is 0.0483. The summed E-state index contributed by atoms with van der Waals surface area (Å²) >= 11 is 1.35. The van der Waals surface area contributed by atoms with Crippen LogP contribution in [0.5, 0.6) is 0 Å². The minimum atomic E-state index is -0.322. The van der Waals surface area contributed by atoms with Gasteiger partial charge < -0.3 is 10.2 Å². The molecule has 2 aromatic rings. The first-order valence-corrected chi connectivity index (χ1v) is 7.77. The van der Waals surface area contributed by atoms with Crippen LogP contribution in [0.4, 0.5) is 4.39 Å². The van der Waals surface area contributed by atoms with Crippen molar-refractivity contribution >= 4 is 23.2 Å². The standard InChI is InChI=1S/C15H14FN3O2S/c16-11-3-1-2-10(4-11)6-19-7-12(5-14(19)20)18-15(21)13-8-22-9-17-13/h1-4,8-9,12H,5-7H2,(H,18,21)/t12-/m1/s1. The predicted octanol–water partition coefficient (Wildman–Crippen LogP) is 1.81. The average Bonchev–Trinajstić information content (AvgIpc) is 3.10. The summed E-state index contributed by atoms with van der Waals surface area (Å²) in [5.74, 6) is -0.642. The second kappa shape index (κ2) is 6.23. The molecule has 0 unspecified atom stereocenters. The number of rotatable bonds is 4. The number of benzene rings is 1. The third-order valence-corrected chi connectivity index (χ3v) is 4.06. The Balaban J connectivity index is 1.60. The van der Waals surface area contributed by atoms with E-state index < -0.39 is 0 Å². The summed E-state index contributed by atoms with van der Waals surface area (Å²) in [4.78, 5) is 29.5. The van der Waals surface area contributed by atoms with Gasteiger partial charge in [-0.3, -0.25) is 9.59 Å². The van der Waals surface area contributed by atoms with Crippen LogP contribution in [0.2, 0.25) is 0 Å². The summed E-state index contributed by atoms with van der Waals surface area (Å²) in [6.45, 7) is 0.769. The molecule has 2 amide bonds. The Morgan fingerprint density at radius 1 is 1.50 bits per heavy atom. The van der Waals surface area contributed by atoms with Gasteiger partial charge in [-0.2, -0.15) is 0 Å². The minimum Gasteiger partial charge on any atom is -0.346 e. The predicted molar refractivity (Wildman–Crippen MR) is 79.8 cm³/mol. The van der Waals surface area contributed by atoms with E-state index in [-0.39, 0.29) is 30.1 Å². The Labute approximate surface area is 130 Å². The topological polar surface area (TPSA) is 62.3 Å². The number of likely N-dealkylation sites (tertiary alicyclic amines) is 1. The molecule has 0 radical (unpaired) electrons. The number of amides is 2. The summed E-state index contributed by atoms with van der Waals surface area (Å²) in [7, 11) is 0. The van der Waals surface area contributed by atoms with E-state index in [1.807, 2.05) is 0 Å². The average molecular weight is 319 g/mol. The summed E-state index contributed by atoms with van der Waals surface area (Å²) in [6, 6.07) is 5.93. The zero-order chi connectivity index (χ0) is 15.5. The number of hydrogen-bond acceptors (Lipinski definition) is 4. The molecule has 1 N–H and O–H groups in total.